The van der Waals surface area contributed by atoms with E-state index in [1.807, 2.05) is 0 Å². The van der Waals surface area contributed by atoms with Gasteiger partial charge in [0.15, 0.2) is 17.4 Å². The predicted octanol–water partition coefficient (Wildman–Crippen LogP) is 0.831. The second-order valence-corrected chi connectivity index (χ2v) is 3.99. The minimum Gasteiger partial charge on any atom is -0.480 e. The highest BCUT2D eigenvalue weighted by Gasteiger charge is 2.23. The number of benzene rings is 1. The second kappa shape index (κ2) is 5.99. The molecule has 20 heavy (non-hydrogen) atoms. The molecule has 104 valence electrons. The van der Waals surface area contributed by atoms with E-state index in [-0.39, 0.29) is 23.3 Å². The van der Waals surface area contributed by atoms with E-state index in [1.54, 1.807) is 6.07 Å². The van der Waals surface area contributed by atoms with Crippen LogP contribution in [0.5, 0.6) is 5.75 Å². The maximum atomic E-state index is 13.7. The van der Waals surface area contributed by atoms with Crippen molar-refractivity contribution in [3.63, 3.8) is 0 Å². The van der Waals surface area contributed by atoms with E-state index in [9.17, 15) is 4.39 Å². The molecule has 1 aromatic rings. The summed E-state index contributed by atoms with van der Waals surface area (Å²) in [6.45, 7) is 0.794. The van der Waals surface area contributed by atoms with Crippen LogP contribution in [-0.4, -0.2) is 30.9 Å². The van der Waals surface area contributed by atoms with Crippen LogP contribution in [0.25, 0.3) is 0 Å². The van der Waals surface area contributed by atoms with Crippen LogP contribution in [0.15, 0.2) is 23.3 Å². The monoisotopic (exact) mass is 277 g/mol. The maximum absolute atomic E-state index is 13.7. The molecule has 0 amide bonds. The van der Waals surface area contributed by atoms with Gasteiger partial charge in [0.25, 0.3) is 0 Å². The molecule has 7 nitrogen and oxygen atoms in total. The van der Waals surface area contributed by atoms with E-state index in [2.05, 4.69) is 10.5 Å². The Kier molecular flexibility index (Phi) is 4.12. The number of rotatable bonds is 5. The normalized spacial score (nSPS) is 15.1. The van der Waals surface area contributed by atoms with E-state index in [0.717, 1.165) is 0 Å². The topological polar surface area (TPSA) is 117 Å². The maximum Gasteiger partial charge on any atom is 0.201 e. The van der Waals surface area contributed by atoms with E-state index in [0.29, 0.717) is 13.2 Å². The second-order valence-electron chi connectivity index (χ2n) is 3.99. The molecule has 4 N–H and O–H groups in total. The Morgan fingerprint density at radius 3 is 2.90 bits per heavy atom. The number of nitrogens with one attached hydrogen (secondary N) is 2. The lowest BCUT2D eigenvalue weighted by Gasteiger charge is -2.27. The van der Waals surface area contributed by atoms with Crippen LogP contribution in [0.2, 0.25) is 0 Å². The summed E-state index contributed by atoms with van der Waals surface area (Å²) in [5, 5.41) is 19.5. The molecule has 0 atom stereocenters. The molecule has 1 fully saturated rings. The van der Waals surface area contributed by atoms with Crippen molar-refractivity contribution in [2.75, 3.05) is 18.6 Å². The summed E-state index contributed by atoms with van der Waals surface area (Å²) in [4.78, 5) is 0. The molecule has 0 unspecified atom stereocenters. The van der Waals surface area contributed by atoms with Gasteiger partial charge in [0.05, 0.1) is 13.2 Å². The van der Waals surface area contributed by atoms with Gasteiger partial charge in [0.1, 0.15) is 17.9 Å². The SMILES string of the molecule is N#C/C(=N\Nc1cccc(F)c1OC1COC1)C(=N)N. The van der Waals surface area contributed by atoms with Gasteiger partial charge in [0, 0.05) is 0 Å². The lowest BCUT2D eigenvalue weighted by atomic mass is 10.2. The number of hydrogen-bond acceptors (Lipinski definition) is 6. The van der Waals surface area contributed by atoms with Gasteiger partial charge in [-0.2, -0.15) is 10.4 Å². The smallest absolute Gasteiger partial charge is 0.201 e. The van der Waals surface area contributed by atoms with Crippen molar-refractivity contribution >= 4 is 17.2 Å². The van der Waals surface area contributed by atoms with Crippen molar-refractivity contribution in [2.24, 2.45) is 10.8 Å². The Hall–Kier alpha value is -2.66. The standard InChI is InChI=1S/C12H12FN5O2/c13-8-2-1-3-9(11(8)20-7-5-19-6-7)17-18-10(4-14)12(15)16/h1-3,7,17H,5-6H2,(H3,15,16)/b18-10+. The van der Waals surface area contributed by atoms with Gasteiger partial charge in [-0.15, -0.1) is 0 Å². The molecule has 0 aromatic heterocycles. The molecule has 8 heteroatoms. The van der Waals surface area contributed by atoms with E-state index in [4.69, 9.17) is 25.9 Å². The first kappa shape index (κ1) is 13.8. The van der Waals surface area contributed by atoms with Crippen LogP contribution in [0.3, 0.4) is 0 Å². The highest BCUT2D eigenvalue weighted by Crippen LogP contribution is 2.29. The van der Waals surface area contributed by atoms with E-state index in [1.165, 1.54) is 18.2 Å². The zero-order valence-electron chi connectivity index (χ0n) is 10.4. The summed E-state index contributed by atoms with van der Waals surface area (Å²) in [5.74, 6) is -1.05. The van der Waals surface area contributed by atoms with E-state index < -0.39 is 11.7 Å². The zero-order chi connectivity index (χ0) is 14.5. The Morgan fingerprint density at radius 2 is 2.35 bits per heavy atom. The largest absolute Gasteiger partial charge is 0.480 e. The Balaban J connectivity index is 2.20. The molecule has 1 saturated heterocycles. The molecule has 2 rings (SSSR count). The number of para-hydroxylation sites is 1. The highest BCUT2D eigenvalue weighted by atomic mass is 19.1. The minimum absolute atomic E-state index is 0.00890. The quantitative estimate of drug-likeness (QED) is 0.418. The van der Waals surface area contributed by atoms with Gasteiger partial charge in [-0.25, -0.2) is 4.39 Å². The van der Waals surface area contributed by atoms with Gasteiger partial charge in [-0.3, -0.25) is 10.8 Å². The lowest BCUT2D eigenvalue weighted by molar-refractivity contribution is -0.0805. The molecule has 1 aromatic carbocycles. The minimum atomic E-state index is -0.557. The van der Waals surface area contributed by atoms with Crippen molar-refractivity contribution in [3.8, 4) is 11.8 Å². The van der Waals surface area contributed by atoms with Gasteiger partial charge < -0.3 is 15.2 Å². The Morgan fingerprint density at radius 1 is 1.60 bits per heavy atom. The number of nitrogens with zero attached hydrogens (tertiary/aromatic N) is 2. The molecule has 0 spiro atoms. The van der Waals surface area contributed by atoms with Crippen molar-refractivity contribution in [2.45, 2.75) is 6.10 Å². The summed E-state index contributed by atoms with van der Waals surface area (Å²) in [7, 11) is 0. The van der Waals surface area contributed by atoms with Crippen molar-refractivity contribution in [1.82, 2.24) is 0 Å². The summed E-state index contributed by atoms with van der Waals surface area (Å²) in [6.07, 6.45) is -0.209. The average Bonchev–Trinajstić information content (AvgIpc) is 2.36. The number of nitriles is 1. The zero-order valence-corrected chi connectivity index (χ0v) is 10.4. The first-order chi connectivity index (χ1) is 9.61. The molecule has 0 bridgehead atoms. The van der Waals surface area contributed by atoms with Crippen molar-refractivity contribution in [1.29, 1.82) is 10.7 Å². The van der Waals surface area contributed by atoms with Gasteiger partial charge >= 0.3 is 0 Å². The number of anilines is 1. The summed E-state index contributed by atoms with van der Waals surface area (Å²) < 4.78 is 24.1. The van der Waals surface area contributed by atoms with Crippen LogP contribution in [-0.2, 0) is 4.74 Å². The third-order valence-electron chi connectivity index (χ3n) is 2.51. The van der Waals surface area contributed by atoms with Crippen LogP contribution in [0.4, 0.5) is 10.1 Å². The molecule has 1 aliphatic heterocycles. The number of halogens is 1. The summed E-state index contributed by atoms with van der Waals surface area (Å²) >= 11 is 0. The van der Waals surface area contributed by atoms with Crippen molar-refractivity contribution < 1.29 is 13.9 Å². The molecular weight excluding hydrogens is 265 g/mol. The Labute approximate surface area is 114 Å². The first-order valence-electron chi connectivity index (χ1n) is 5.73. The Bertz CT molecular complexity index is 592. The van der Waals surface area contributed by atoms with Gasteiger partial charge in [-0.05, 0) is 12.1 Å². The van der Waals surface area contributed by atoms with Gasteiger partial charge in [-0.1, -0.05) is 6.07 Å². The third kappa shape index (κ3) is 3.02. The lowest BCUT2D eigenvalue weighted by Crippen LogP contribution is -2.38. The van der Waals surface area contributed by atoms with Crippen LogP contribution < -0.4 is 15.9 Å². The first-order valence-corrected chi connectivity index (χ1v) is 5.73. The predicted molar refractivity (Wildman–Crippen MR) is 70.2 cm³/mol. The molecule has 1 aliphatic rings. The van der Waals surface area contributed by atoms with Gasteiger partial charge in [0.2, 0.25) is 5.71 Å². The average molecular weight is 277 g/mol. The number of nitrogens with two attached hydrogens (primary N) is 1. The van der Waals surface area contributed by atoms with E-state index >= 15 is 0 Å². The molecule has 1 heterocycles. The number of hydrogen-bond donors (Lipinski definition) is 3. The van der Waals surface area contributed by atoms with Crippen LogP contribution in [0, 0.1) is 22.6 Å². The fourth-order valence-corrected chi connectivity index (χ4v) is 1.43. The van der Waals surface area contributed by atoms with Crippen LogP contribution in [0.1, 0.15) is 0 Å². The fraction of sp³-hybridized carbons (Fsp3) is 0.250. The highest BCUT2D eigenvalue weighted by molar-refractivity contribution is 6.45. The van der Waals surface area contributed by atoms with Crippen molar-refractivity contribution in [3.05, 3.63) is 24.0 Å². The van der Waals surface area contributed by atoms with Crippen LogP contribution >= 0.6 is 0 Å². The molecule has 0 aliphatic carbocycles. The molecular formula is C12H12FN5O2. The molecule has 0 saturated carbocycles. The number of ether oxygens (including phenoxy) is 2. The molecule has 0 radical (unpaired) electrons. The number of hydrazone groups is 1. The summed E-state index contributed by atoms with van der Waals surface area (Å²) in [6, 6.07) is 5.91. The third-order valence-corrected chi connectivity index (χ3v) is 2.51. The fourth-order valence-electron chi connectivity index (χ4n) is 1.43. The number of amidine groups is 1. The summed E-state index contributed by atoms with van der Waals surface area (Å²) in [5.41, 5.74) is 7.58.